The highest BCUT2D eigenvalue weighted by Crippen LogP contribution is 2.13. The van der Waals surface area contributed by atoms with Crippen molar-refractivity contribution in [3.05, 3.63) is 24.2 Å². The monoisotopic (exact) mass is 207 g/mol. The van der Waals surface area contributed by atoms with Crippen molar-refractivity contribution in [2.24, 2.45) is 0 Å². The summed E-state index contributed by atoms with van der Waals surface area (Å²) in [4.78, 5) is 17.3. The zero-order valence-corrected chi connectivity index (χ0v) is 7.80. The third kappa shape index (κ3) is 2.22. The van der Waals surface area contributed by atoms with E-state index in [1.807, 2.05) is 12.1 Å². The van der Waals surface area contributed by atoms with Crippen LogP contribution >= 0.6 is 0 Å². The number of carbonyl (C=O) groups is 1. The molecule has 2 aromatic rings. The van der Waals surface area contributed by atoms with E-state index in [2.05, 4.69) is 15.1 Å². The average molecular weight is 207 g/mol. The highest BCUT2D eigenvalue weighted by atomic mass is 16.5. The lowest BCUT2D eigenvalue weighted by Crippen LogP contribution is -1.97. The summed E-state index contributed by atoms with van der Waals surface area (Å²) >= 11 is 0. The highest BCUT2D eigenvalue weighted by Gasteiger charge is 2.09. The van der Waals surface area contributed by atoms with Crippen LogP contribution in [0.15, 0.2) is 22.9 Å². The molecule has 0 atom stereocenters. The number of aromatic nitrogens is 3. The van der Waals surface area contributed by atoms with E-state index in [1.54, 1.807) is 6.20 Å². The Bertz CT molecular complexity index is 447. The maximum atomic E-state index is 10.3. The van der Waals surface area contributed by atoms with Gasteiger partial charge in [-0.05, 0) is 12.1 Å². The van der Waals surface area contributed by atoms with Crippen molar-refractivity contribution in [2.75, 3.05) is 0 Å². The van der Waals surface area contributed by atoms with Gasteiger partial charge in [-0.2, -0.15) is 4.98 Å². The zero-order valence-electron chi connectivity index (χ0n) is 7.80. The molecule has 2 aromatic heterocycles. The van der Waals surface area contributed by atoms with E-state index in [9.17, 15) is 4.79 Å². The van der Waals surface area contributed by atoms with E-state index in [0.29, 0.717) is 11.7 Å². The molecular formula is C9H9N3O3. The minimum atomic E-state index is -0.880. The van der Waals surface area contributed by atoms with Gasteiger partial charge in [0.25, 0.3) is 0 Å². The van der Waals surface area contributed by atoms with E-state index >= 15 is 0 Å². The molecule has 0 unspecified atom stereocenters. The van der Waals surface area contributed by atoms with Gasteiger partial charge in [-0.3, -0.25) is 4.79 Å². The topological polar surface area (TPSA) is 92.0 Å². The molecule has 0 bridgehead atoms. The van der Waals surface area contributed by atoms with Crippen molar-refractivity contribution in [3.63, 3.8) is 0 Å². The van der Waals surface area contributed by atoms with Crippen molar-refractivity contribution in [3.8, 4) is 11.5 Å². The summed E-state index contributed by atoms with van der Waals surface area (Å²) in [6.07, 6.45) is 2.00. The molecule has 2 heterocycles. The molecule has 0 spiro atoms. The Morgan fingerprint density at radius 1 is 1.60 bits per heavy atom. The third-order valence-corrected chi connectivity index (χ3v) is 1.86. The summed E-state index contributed by atoms with van der Waals surface area (Å²) in [7, 11) is 0. The number of hydrogen-bond acceptors (Lipinski definition) is 4. The van der Waals surface area contributed by atoms with Gasteiger partial charge in [0.2, 0.25) is 11.7 Å². The van der Waals surface area contributed by atoms with Gasteiger partial charge in [0.05, 0.1) is 12.1 Å². The predicted molar refractivity (Wildman–Crippen MR) is 50.0 cm³/mol. The first-order chi connectivity index (χ1) is 7.25. The van der Waals surface area contributed by atoms with Crippen LogP contribution in [0.4, 0.5) is 0 Å². The van der Waals surface area contributed by atoms with Crippen LogP contribution in [0.3, 0.4) is 0 Å². The molecule has 0 aromatic carbocycles. The number of rotatable bonds is 4. The normalized spacial score (nSPS) is 10.4. The van der Waals surface area contributed by atoms with Gasteiger partial charge in [0, 0.05) is 12.6 Å². The number of nitrogens with zero attached hydrogens (tertiary/aromatic N) is 2. The van der Waals surface area contributed by atoms with Crippen molar-refractivity contribution < 1.29 is 14.4 Å². The molecule has 78 valence electrons. The number of H-pyrrole nitrogens is 1. The molecule has 6 nitrogen and oxygen atoms in total. The minimum Gasteiger partial charge on any atom is -0.481 e. The maximum Gasteiger partial charge on any atom is 0.303 e. The molecule has 15 heavy (non-hydrogen) atoms. The van der Waals surface area contributed by atoms with Crippen molar-refractivity contribution >= 4 is 5.97 Å². The standard InChI is InChI=1S/C9H9N3O3/c13-8(14)4-3-7-11-9(12-15-7)6-2-1-5-10-6/h1-2,5,10H,3-4H2,(H,13,14). The van der Waals surface area contributed by atoms with Crippen LogP contribution in [-0.4, -0.2) is 26.2 Å². The Hall–Kier alpha value is -2.11. The van der Waals surface area contributed by atoms with Crippen LogP contribution in [0.2, 0.25) is 0 Å². The maximum absolute atomic E-state index is 10.3. The van der Waals surface area contributed by atoms with E-state index in [0.717, 1.165) is 5.69 Å². The summed E-state index contributed by atoms with van der Waals surface area (Å²) in [5, 5.41) is 12.2. The highest BCUT2D eigenvalue weighted by molar-refractivity contribution is 5.66. The second-order valence-corrected chi connectivity index (χ2v) is 2.99. The second-order valence-electron chi connectivity index (χ2n) is 2.99. The first-order valence-corrected chi connectivity index (χ1v) is 4.44. The fourth-order valence-electron chi connectivity index (χ4n) is 1.15. The lowest BCUT2D eigenvalue weighted by molar-refractivity contribution is -0.137. The van der Waals surface area contributed by atoms with E-state index in [1.165, 1.54) is 0 Å². The first kappa shape index (κ1) is 9.45. The van der Waals surface area contributed by atoms with Crippen LogP contribution in [0, 0.1) is 0 Å². The van der Waals surface area contributed by atoms with Gasteiger partial charge >= 0.3 is 5.97 Å². The molecule has 2 rings (SSSR count). The minimum absolute atomic E-state index is 0.00758. The molecule has 0 saturated carbocycles. The molecule has 0 aliphatic carbocycles. The fourth-order valence-corrected chi connectivity index (χ4v) is 1.15. The predicted octanol–water partition coefficient (Wildman–Crippen LogP) is 1.08. The van der Waals surface area contributed by atoms with Gasteiger partial charge in [-0.1, -0.05) is 5.16 Å². The van der Waals surface area contributed by atoms with Gasteiger partial charge in [0.15, 0.2) is 0 Å². The Labute approximate surface area is 84.9 Å². The third-order valence-electron chi connectivity index (χ3n) is 1.86. The average Bonchev–Trinajstić information content (AvgIpc) is 2.85. The Morgan fingerprint density at radius 2 is 2.47 bits per heavy atom. The number of nitrogens with one attached hydrogen (secondary N) is 1. The lowest BCUT2D eigenvalue weighted by Gasteiger charge is -1.87. The van der Waals surface area contributed by atoms with Gasteiger partial charge in [-0.25, -0.2) is 0 Å². The van der Waals surface area contributed by atoms with Crippen molar-refractivity contribution in [2.45, 2.75) is 12.8 Å². The van der Waals surface area contributed by atoms with E-state index in [-0.39, 0.29) is 12.8 Å². The van der Waals surface area contributed by atoms with E-state index in [4.69, 9.17) is 9.63 Å². The molecule has 0 aliphatic heterocycles. The van der Waals surface area contributed by atoms with E-state index < -0.39 is 5.97 Å². The summed E-state index contributed by atoms with van der Waals surface area (Å²) in [5.41, 5.74) is 0.750. The molecule has 0 saturated heterocycles. The Morgan fingerprint density at radius 3 is 3.13 bits per heavy atom. The summed E-state index contributed by atoms with van der Waals surface area (Å²) < 4.78 is 4.89. The lowest BCUT2D eigenvalue weighted by atomic mass is 10.3. The number of aryl methyl sites for hydroxylation is 1. The van der Waals surface area contributed by atoms with Crippen LogP contribution in [0.25, 0.3) is 11.5 Å². The molecule has 0 radical (unpaired) electrons. The quantitative estimate of drug-likeness (QED) is 0.782. The number of carboxylic acid groups (broad SMARTS) is 1. The van der Waals surface area contributed by atoms with Crippen molar-refractivity contribution in [1.82, 2.24) is 15.1 Å². The summed E-state index contributed by atoms with van der Waals surface area (Å²) in [6, 6.07) is 3.63. The SMILES string of the molecule is O=C(O)CCc1nc(-c2ccc[nH]2)no1. The fraction of sp³-hybridized carbons (Fsp3) is 0.222. The Kier molecular flexibility index (Phi) is 2.49. The van der Waals surface area contributed by atoms with Crippen LogP contribution < -0.4 is 0 Å². The van der Waals surface area contributed by atoms with Crippen LogP contribution in [-0.2, 0) is 11.2 Å². The largest absolute Gasteiger partial charge is 0.481 e. The Balaban J connectivity index is 2.08. The summed E-state index contributed by atoms with van der Waals surface area (Å²) in [6.45, 7) is 0. The van der Waals surface area contributed by atoms with Crippen molar-refractivity contribution in [1.29, 1.82) is 0 Å². The molecule has 6 heteroatoms. The smallest absolute Gasteiger partial charge is 0.303 e. The number of hydrogen-bond donors (Lipinski definition) is 2. The zero-order chi connectivity index (χ0) is 10.7. The van der Waals surface area contributed by atoms with Crippen LogP contribution in [0.1, 0.15) is 12.3 Å². The molecule has 0 fully saturated rings. The summed E-state index contributed by atoms with van der Waals surface area (Å²) in [5.74, 6) is -0.1000. The number of aliphatic carboxylic acids is 1. The molecule has 2 N–H and O–H groups in total. The van der Waals surface area contributed by atoms with Gasteiger partial charge < -0.3 is 14.6 Å². The first-order valence-electron chi connectivity index (χ1n) is 4.44. The molecular weight excluding hydrogens is 198 g/mol. The molecule has 0 aliphatic rings. The van der Waals surface area contributed by atoms with Gasteiger partial charge in [-0.15, -0.1) is 0 Å². The number of carboxylic acids is 1. The van der Waals surface area contributed by atoms with Gasteiger partial charge in [0.1, 0.15) is 0 Å². The van der Waals surface area contributed by atoms with Crippen LogP contribution in [0.5, 0.6) is 0 Å². The molecule has 0 amide bonds. The number of aromatic amines is 1. The second kappa shape index (κ2) is 3.95.